The first-order chi connectivity index (χ1) is 13.9. The number of amides is 2. The summed E-state index contributed by atoms with van der Waals surface area (Å²) in [7, 11) is 3.01. The highest BCUT2D eigenvalue weighted by Crippen LogP contribution is 2.45. The second-order valence-corrected chi connectivity index (χ2v) is 7.00. The highest BCUT2D eigenvalue weighted by molar-refractivity contribution is 6.05. The Morgan fingerprint density at radius 2 is 2.14 bits per heavy atom. The van der Waals surface area contributed by atoms with Crippen molar-refractivity contribution in [1.29, 1.82) is 0 Å². The van der Waals surface area contributed by atoms with E-state index in [1.54, 1.807) is 29.9 Å². The van der Waals surface area contributed by atoms with Crippen LogP contribution >= 0.6 is 0 Å². The number of anilines is 3. The minimum Gasteiger partial charge on any atom is -0.464 e. The number of hydrogen-bond acceptors (Lipinski definition) is 7. The monoisotopic (exact) mass is 396 g/mol. The summed E-state index contributed by atoms with van der Waals surface area (Å²) in [5.41, 5.74) is -0.366. The Balaban J connectivity index is 1.81. The predicted octanol–water partition coefficient (Wildman–Crippen LogP) is 1.23. The molecule has 0 aliphatic carbocycles. The van der Waals surface area contributed by atoms with Crippen LogP contribution in [0, 0.1) is 0 Å². The quantitative estimate of drug-likeness (QED) is 0.617. The highest BCUT2D eigenvalue weighted by Gasteiger charge is 2.51. The number of pyridine rings is 2. The van der Waals surface area contributed by atoms with Gasteiger partial charge in [0.2, 0.25) is 5.43 Å². The van der Waals surface area contributed by atoms with Crippen LogP contribution in [0.2, 0.25) is 0 Å². The van der Waals surface area contributed by atoms with Gasteiger partial charge in [-0.25, -0.2) is 19.5 Å². The fourth-order valence-electron chi connectivity index (χ4n) is 3.77. The average molecular weight is 396 g/mol. The van der Waals surface area contributed by atoms with Crippen molar-refractivity contribution in [2.24, 2.45) is 12.0 Å². The fourth-order valence-corrected chi connectivity index (χ4v) is 3.77. The lowest BCUT2D eigenvalue weighted by Crippen LogP contribution is -2.57. The van der Waals surface area contributed by atoms with E-state index in [-0.39, 0.29) is 22.6 Å². The molecule has 2 bridgehead atoms. The molecule has 2 aliphatic rings. The van der Waals surface area contributed by atoms with Crippen molar-refractivity contribution in [3.05, 3.63) is 46.5 Å². The Morgan fingerprint density at radius 3 is 2.86 bits per heavy atom. The lowest BCUT2D eigenvalue weighted by atomic mass is 10.1. The SMILES string of the molecule is C=NC12CCN(C1)c1ccc(C(=O)OC)nc1N2C(=O)Nc1cn(C)ccc1=O. The number of esters is 1. The van der Waals surface area contributed by atoms with Crippen molar-refractivity contribution in [3.8, 4) is 0 Å². The number of aliphatic imine (C=N–C) groups is 1. The molecule has 2 amide bonds. The van der Waals surface area contributed by atoms with Gasteiger partial charge in [0.25, 0.3) is 0 Å². The average Bonchev–Trinajstić information content (AvgIpc) is 3.10. The summed E-state index contributed by atoms with van der Waals surface area (Å²) >= 11 is 0. The molecule has 150 valence electrons. The van der Waals surface area contributed by atoms with E-state index in [1.165, 1.54) is 24.3 Å². The molecule has 0 radical (unpaired) electrons. The molecule has 1 unspecified atom stereocenters. The standard InChI is InChI=1S/C19H20N6O4/c1-20-19-7-9-24(11-19)14-5-4-12(17(27)29-3)21-16(14)25(19)18(28)22-13-10-23(2)8-6-15(13)26/h4-6,8,10H,1,7,9,11H2,2-3H3,(H,22,28). The lowest BCUT2D eigenvalue weighted by Gasteiger charge is -2.42. The highest BCUT2D eigenvalue weighted by atomic mass is 16.5. The van der Waals surface area contributed by atoms with Crippen LogP contribution in [0.4, 0.5) is 22.0 Å². The number of rotatable bonds is 3. The second-order valence-electron chi connectivity index (χ2n) is 7.00. The zero-order valence-corrected chi connectivity index (χ0v) is 16.1. The van der Waals surface area contributed by atoms with Crippen LogP contribution < -0.4 is 20.5 Å². The van der Waals surface area contributed by atoms with Gasteiger partial charge in [-0.3, -0.25) is 9.79 Å². The maximum absolute atomic E-state index is 13.3. The largest absolute Gasteiger partial charge is 0.464 e. The van der Waals surface area contributed by atoms with E-state index in [0.717, 1.165) is 0 Å². The van der Waals surface area contributed by atoms with Gasteiger partial charge in [-0.2, -0.15) is 0 Å². The van der Waals surface area contributed by atoms with Crippen molar-refractivity contribution in [1.82, 2.24) is 9.55 Å². The number of ether oxygens (including phenoxy) is 1. The third kappa shape index (κ3) is 2.93. The molecule has 0 spiro atoms. The second kappa shape index (κ2) is 6.73. The molecule has 1 N–H and O–H groups in total. The molecular weight excluding hydrogens is 376 g/mol. The summed E-state index contributed by atoms with van der Waals surface area (Å²) in [6, 6.07) is 4.08. The molecule has 4 rings (SSSR count). The van der Waals surface area contributed by atoms with Gasteiger partial charge in [0.1, 0.15) is 5.69 Å². The number of nitrogens with one attached hydrogen (secondary N) is 1. The van der Waals surface area contributed by atoms with Crippen LogP contribution in [0.25, 0.3) is 0 Å². The van der Waals surface area contributed by atoms with Gasteiger partial charge in [0.15, 0.2) is 17.2 Å². The Bertz CT molecular complexity index is 1080. The predicted molar refractivity (Wildman–Crippen MR) is 108 cm³/mol. The number of aromatic nitrogens is 2. The molecule has 2 aliphatic heterocycles. The third-order valence-electron chi connectivity index (χ3n) is 5.24. The van der Waals surface area contributed by atoms with Crippen molar-refractivity contribution < 1.29 is 14.3 Å². The van der Waals surface area contributed by atoms with E-state index in [9.17, 15) is 14.4 Å². The van der Waals surface area contributed by atoms with E-state index in [4.69, 9.17) is 4.74 Å². The Labute approximate surface area is 166 Å². The molecule has 0 saturated carbocycles. The maximum Gasteiger partial charge on any atom is 0.356 e. The molecule has 4 heterocycles. The zero-order chi connectivity index (χ0) is 20.8. The molecule has 29 heavy (non-hydrogen) atoms. The van der Waals surface area contributed by atoms with Crippen LogP contribution in [0.5, 0.6) is 0 Å². The smallest absolute Gasteiger partial charge is 0.356 e. The lowest BCUT2D eigenvalue weighted by molar-refractivity contribution is 0.0594. The number of fused-ring (bicyclic) bond motifs is 4. The minimum atomic E-state index is -0.946. The first-order valence-corrected chi connectivity index (χ1v) is 8.98. The van der Waals surface area contributed by atoms with Gasteiger partial charge in [0.05, 0.1) is 19.3 Å². The zero-order valence-electron chi connectivity index (χ0n) is 16.1. The first-order valence-electron chi connectivity index (χ1n) is 8.98. The van der Waals surface area contributed by atoms with Gasteiger partial charge in [-0.1, -0.05) is 0 Å². The van der Waals surface area contributed by atoms with E-state index < -0.39 is 17.7 Å². The fraction of sp³-hybridized carbons (Fsp3) is 0.316. The van der Waals surface area contributed by atoms with Crippen molar-refractivity contribution in [3.63, 3.8) is 0 Å². The van der Waals surface area contributed by atoms with Gasteiger partial charge in [0, 0.05) is 38.5 Å². The minimum absolute atomic E-state index is 0.0707. The van der Waals surface area contributed by atoms with Crippen LogP contribution in [0.15, 0.2) is 40.4 Å². The molecular formula is C19H20N6O4. The Morgan fingerprint density at radius 1 is 1.34 bits per heavy atom. The number of aryl methyl sites for hydroxylation is 1. The summed E-state index contributed by atoms with van der Waals surface area (Å²) in [6.07, 6.45) is 3.67. The van der Waals surface area contributed by atoms with Gasteiger partial charge in [-0.15, -0.1) is 0 Å². The Kier molecular flexibility index (Phi) is 4.33. The number of urea groups is 1. The molecule has 10 nitrogen and oxygen atoms in total. The van der Waals surface area contributed by atoms with E-state index >= 15 is 0 Å². The summed E-state index contributed by atoms with van der Waals surface area (Å²) in [4.78, 5) is 49.5. The molecule has 2 aromatic heterocycles. The molecule has 10 heteroatoms. The van der Waals surface area contributed by atoms with Crippen molar-refractivity contribution >= 4 is 35.9 Å². The third-order valence-corrected chi connectivity index (χ3v) is 5.24. The van der Waals surface area contributed by atoms with E-state index in [1.807, 2.05) is 4.90 Å². The molecule has 1 atom stereocenters. The maximum atomic E-state index is 13.3. The number of carbonyl (C=O) groups is 2. The number of carbonyl (C=O) groups excluding carboxylic acids is 2. The van der Waals surface area contributed by atoms with Gasteiger partial charge in [-0.05, 0) is 18.9 Å². The normalized spacial score (nSPS) is 19.5. The molecule has 2 aromatic rings. The van der Waals surface area contributed by atoms with Crippen molar-refractivity contribution in [2.45, 2.75) is 12.1 Å². The Hall–Kier alpha value is -3.69. The summed E-state index contributed by atoms with van der Waals surface area (Å²) in [5.74, 6) is -0.340. The number of methoxy groups -OCH3 is 1. The first kappa shape index (κ1) is 18.7. The number of hydrogen-bond donors (Lipinski definition) is 1. The van der Waals surface area contributed by atoms with E-state index in [2.05, 4.69) is 22.0 Å². The molecule has 1 saturated heterocycles. The van der Waals surface area contributed by atoms with Crippen LogP contribution in [-0.4, -0.2) is 54.1 Å². The molecule has 1 fully saturated rings. The summed E-state index contributed by atoms with van der Waals surface area (Å²) in [6.45, 7) is 4.79. The van der Waals surface area contributed by atoms with Crippen LogP contribution in [-0.2, 0) is 11.8 Å². The van der Waals surface area contributed by atoms with Gasteiger partial charge < -0.3 is 19.5 Å². The summed E-state index contributed by atoms with van der Waals surface area (Å²) < 4.78 is 6.41. The number of nitrogens with zero attached hydrogens (tertiary/aromatic N) is 5. The van der Waals surface area contributed by atoms with Gasteiger partial charge >= 0.3 is 12.0 Å². The topological polar surface area (TPSA) is 109 Å². The van der Waals surface area contributed by atoms with Crippen LogP contribution in [0.1, 0.15) is 16.9 Å². The summed E-state index contributed by atoms with van der Waals surface area (Å²) in [5, 5.41) is 2.66. The molecule has 0 aromatic carbocycles. The van der Waals surface area contributed by atoms with Crippen LogP contribution in [0.3, 0.4) is 0 Å². The van der Waals surface area contributed by atoms with E-state index in [0.29, 0.717) is 25.2 Å². The van der Waals surface area contributed by atoms with Crippen molar-refractivity contribution in [2.75, 3.05) is 35.3 Å².